The van der Waals surface area contributed by atoms with E-state index < -0.39 is 0 Å². The van der Waals surface area contributed by atoms with Gasteiger partial charge in [-0.05, 0) is 44.0 Å². The molecule has 0 radical (unpaired) electrons. The zero-order chi connectivity index (χ0) is 15.5. The van der Waals surface area contributed by atoms with Crippen molar-refractivity contribution in [2.24, 2.45) is 7.05 Å². The number of aryl methyl sites for hydroxylation is 2. The quantitative estimate of drug-likeness (QED) is 0.819. The number of carbonyl (C=O) groups is 1. The molecule has 2 heterocycles. The second-order valence-electron chi connectivity index (χ2n) is 6.27. The van der Waals surface area contributed by atoms with Crippen LogP contribution in [0.2, 0.25) is 0 Å². The maximum atomic E-state index is 13.0. The van der Waals surface area contributed by atoms with Gasteiger partial charge in [-0.25, -0.2) is 0 Å². The first kappa shape index (κ1) is 14.9. The van der Waals surface area contributed by atoms with E-state index in [0.29, 0.717) is 0 Å². The minimum atomic E-state index is 0.160. The molecule has 1 saturated heterocycles. The van der Waals surface area contributed by atoms with Gasteiger partial charge in [-0.2, -0.15) is 0 Å². The summed E-state index contributed by atoms with van der Waals surface area (Å²) in [5, 5.41) is 0. The molecule has 0 bridgehead atoms. The summed E-state index contributed by atoms with van der Waals surface area (Å²) in [6.45, 7) is 2.90. The number of rotatable bonds is 2. The Morgan fingerprint density at radius 2 is 1.86 bits per heavy atom. The summed E-state index contributed by atoms with van der Waals surface area (Å²) >= 11 is 0. The molecule has 0 saturated carbocycles. The predicted octanol–water partition coefficient (Wildman–Crippen LogP) is 4.09. The maximum Gasteiger partial charge on any atom is 0.254 e. The van der Waals surface area contributed by atoms with Crippen molar-refractivity contribution in [2.45, 2.75) is 38.6 Å². The zero-order valence-corrected chi connectivity index (χ0v) is 13.5. The molecule has 0 aliphatic carbocycles. The Morgan fingerprint density at radius 1 is 1.09 bits per heavy atom. The molecule has 22 heavy (non-hydrogen) atoms. The first-order chi connectivity index (χ1) is 10.7. The fourth-order valence-corrected chi connectivity index (χ4v) is 3.34. The van der Waals surface area contributed by atoms with E-state index in [1.54, 1.807) is 0 Å². The van der Waals surface area contributed by atoms with Gasteiger partial charge in [0.05, 0.1) is 6.04 Å². The molecule has 0 spiro atoms. The van der Waals surface area contributed by atoms with Crippen LogP contribution in [-0.2, 0) is 7.05 Å². The van der Waals surface area contributed by atoms with Crippen molar-refractivity contribution in [1.29, 1.82) is 0 Å². The Labute approximate surface area is 132 Å². The monoisotopic (exact) mass is 296 g/mol. The Kier molecular flexibility index (Phi) is 4.32. The van der Waals surface area contributed by atoms with Crippen LogP contribution in [0.5, 0.6) is 0 Å². The number of amides is 1. The van der Waals surface area contributed by atoms with Gasteiger partial charge in [0.2, 0.25) is 0 Å². The van der Waals surface area contributed by atoms with Crippen LogP contribution < -0.4 is 0 Å². The summed E-state index contributed by atoms with van der Waals surface area (Å²) in [5.41, 5.74) is 3.22. The molecular weight excluding hydrogens is 272 g/mol. The third-order valence-electron chi connectivity index (χ3n) is 4.64. The lowest BCUT2D eigenvalue weighted by molar-refractivity contribution is 0.0674. The van der Waals surface area contributed by atoms with Crippen molar-refractivity contribution in [3.8, 4) is 0 Å². The van der Waals surface area contributed by atoms with Crippen molar-refractivity contribution in [3.63, 3.8) is 0 Å². The Balaban J connectivity index is 1.92. The molecule has 1 aliphatic heterocycles. The molecule has 3 heteroatoms. The number of benzene rings is 1. The van der Waals surface area contributed by atoms with Crippen LogP contribution in [0, 0.1) is 6.92 Å². The van der Waals surface area contributed by atoms with Gasteiger partial charge in [-0.1, -0.05) is 30.5 Å². The van der Waals surface area contributed by atoms with Gasteiger partial charge in [0.25, 0.3) is 5.91 Å². The minimum absolute atomic E-state index is 0.160. The molecule has 2 aromatic rings. The SMILES string of the molecule is Cc1ccc(C(=O)N2CCCCC[C@H]2c2cccn2C)cc1. The number of carbonyl (C=O) groups excluding carboxylic acids is 1. The lowest BCUT2D eigenvalue weighted by Gasteiger charge is -2.30. The van der Waals surface area contributed by atoms with E-state index in [4.69, 9.17) is 0 Å². The highest BCUT2D eigenvalue weighted by Crippen LogP contribution is 2.31. The molecule has 116 valence electrons. The second-order valence-corrected chi connectivity index (χ2v) is 6.27. The van der Waals surface area contributed by atoms with Crippen LogP contribution in [0.15, 0.2) is 42.6 Å². The molecule has 3 rings (SSSR count). The summed E-state index contributed by atoms with van der Waals surface area (Å²) in [5.74, 6) is 0.160. The van der Waals surface area contributed by atoms with Crippen LogP contribution in [-0.4, -0.2) is 21.9 Å². The average molecular weight is 296 g/mol. The van der Waals surface area contributed by atoms with Crippen molar-refractivity contribution in [2.75, 3.05) is 6.54 Å². The first-order valence-corrected chi connectivity index (χ1v) is 8.15. The molecule has 1 aliphatic rings. The molecule has 1 aromatic heterocycles. The summed E-state index contributed by atoms with van der Waals surface area (Å²) in [6, 6.07) is 12.3. The van der Waals surface area contributed by atoms with E-state index in [9.17, 15) is 4.79 Å². The number of hydrogen-bond donors (Lipinski definition) is 0. The fraction of sp³-hybridized carbons (Fsp3) is 0.421. The van der Waals surface area contributed by atoms with E-state index >= 15 is 0 Å². The van der Waals surface area contributed by atoms with Crippen molar-refractivity contribution < 1.29 is 4.79 Å². The lowest BCUT2D eigenvalue weighted by atomic mass is 10.0. The molecular formula is C19H24N2O. The molecule has 0 N–H and O–H groups in total. The van der Waals surface area contributed by atoms with E-state index in [-0.39, 0.29) is 11.9 Å². The number of aromatic nitrogens is 1. The smallest absolute Gasteiger partial charge is 0.254 e. The second kappa shape index (κ2) is 6.39. The van der Waals surface area contributed by atoms with Crippen LogP contribution in [0.3, 0.4) is 0 Å². The van der Waals surface area contributed by atoms with Gasteiger partial charge in [-0.3, -0.25) is 4.79 Å². The summed E-state index contributed by atoms with van der Waals surface area (Å²) in [6.07, 6.45) is 6.61. The summed E-state index contributed by atoms with van der Waals surface area (Å²) in [7, 11) is 2.06. The van der Waals surface area contributed by atoms with Gasteiger partial charge >= 0.3 is 0 Å². The Hall–Kier alpha value is -2.03. The molecule has 1 amide bonds. The summed E-state index contributed by atoms with van der Waals surface area (Å²) in [4.78, 5) is 15.1. The van der Waals surface area contributed by atoms with Crippen molar-refractivity contribution >= 4 is 5.91 Å². The van der Waals surface area contributed by atoms with E-state index in [1.807, 2.05) is 31.2 Å². The number of nitrogens with zero attached hydrogens (tertiary/aromatic N) is 2. The van der Waals surface area contributed by atoms with Crippen LogP contribution in [0.4, 0.5) is 0 Å². The molecule has 0 unspecified atom stereocenters. The van der Waals surface area contributed by atoms with Crippen molar-refractivity contribution in [1.82, 2.24) is 9.47 Å². The zero-order valence-electron chi connectivity index (χ0n) is 13.5. The normalized spacial score (nSPS) is 19.0. The van der Waals surface area contributed by atoms with E-state index in [0.717, 1.165) is 24.9 Å². The van der Waals surface area contributed by atoms with Gasteiger partial charge in [-0.15, -0.1) is 0 Å². The van der Waals surface area contributed by atoms with Crippen LogP contribution in [0.1, 0.15) is 53.3 Å². The third kappa shape index (κ3) is 2.94. The average Bonchev–Trinajstić information content (AvgIpc) is 2.80. The minimum Gasteiger partial charge on any atom is -0.353 e. The Morgan fingerprint density at radius 3 is 2.55 bits per heavy atom. The van der Waals surface area contributed by atoms with Crippen LogP contribution >= 0.6 is 0 Å². The molecule has 1 aromatic carbocycles. The van der Waals surface area contributed by atoms with Crippen LogP contribution in [0.25, 0.3) is 0 Å². The topological polar surface area (TPSA) is 25.2 Å². The number of hydrogen-bond acceptors (Lipinski definition) is 1. The van der Waals surface area contributed by atoms with E-state index in [2.05, 4.69) is 34.8 Å². The first-order valence-electron chi connectivity index (χ1n) is 8.15. The van der Waals surface area contributed by atoms with Gasteiger partial charge in [0, 0.05) is 31.0 Å². The molecule has 1 atom stereocenters. The molecule has 3 nitrogen and oxygen atoms in total. The summed E-state index contributed by atoms with van der Waals surface area (Å²) < 4.78 is 2.14. The highest BCUT2D eigenvalue weighted by atomic mass is 16.2. The van der Waals surface area contributed by atoms with Gasteiger partial charge < -0.3 is 9.47 Å². The molecule has 1 fully saturated rings. The highest BCUT2D eigenvalue weighted by molar-refractivity contribution is 5.94. The highest BCUT2D eigenvalue weighted by Gasteiger charge is 2.28. The van der Waals surface area contributed by atoms with Gasteiger partial charge in [0.15, 0.2) is 0 Å². The fourth-order valence-electron chi connectivity index (χ4n) is 3.34. The Bertz CT molecular complexity index is 642. The number of likely N-dealkylation sites (tertiary alicyclic amines) is 1. The lowest BCUT2D eigenvalue weighted by Crippen LogP contribution is -2.35. The van der Waals surface area contributed by atoms with Gasteiger partial charge in [0.1, 0.15) is 0 Å². The van der Waals surface area contributed by atoms with E-state index in [1.165, 1.54) is 24.1 Å². The third-order valence-corrected chi connectivity index (χ3v) is 4.64. The standard InChI is InChI=1S/C19H24N2O/c1-15-9-11-16(12-10-15)19(22)21-14-5-3-4-7-18(21)17-8-6-13-20(17)2/h6,8-13,18H,3-5,7,14H2,1-2H3/t18-/m0/s1. The predicted molar refractivity (Wildman–Crippen MR) is 88.8 cm³/mol. The van der Waals surface area contributed by atoms with Crippen molar-refractivity contribution in [3.05, 3.63) is 59.4 Å². The largest absolute Gasteiger partial charge is 0.353 e. The maximum absolute atomic E-state index is 13.0.